The standard InChI is InChI=1S/C19H21NO3S/c1-11-3-6-17-14(7-11)9-18(24-17)19(21)20-12(2)13-4-5-15-16(8-13)23-10-22-15/h4-5,8-9,11-12H,3,6-7,10H2,1-2H3,(H,20,21). The Balaban J connectivity index is 1.48. The molecule has 0 radical (unpaired) electrons. The smallest absolute Gasteiger partial charge is 0.261 e. The number of hydrogen-bond donors (Lipinski definition) is 1. The van der Waals surface area contributed by atoms with Crippen molar-refractivity contribution in [2.24, 2.45) is 5.92 Å². The molecule has 2 aliphatic rings. The van der Waals surface area contributed by atoms with E-state index >= 15 is 0 Å². The van der Waals surface area contributed by atoms with Gasteiger partial charge in [-0.05, 0) is 61.4 Å². The first-order chi connectivity index (χ1) is 11.6. The molecule has 2 heterocycles. The lowest BCUT2D eigenvalue weighted by Crippen LogP contribution is -2.25. The number of fused-ring (bicyclic) bond motifs is 2. The van der Waals surface area contributed by atoms with Crippen LogP contribution in [0.2, 0.25) is 0 Å². The van der Waals surface area contributed by atoms with Crippen molar-refractivity contribution in [1.29, 1.82) is 0 Å². The lowest BCUT2D eigenvalue weighted by atomic mass is 9.90. The number of aryl methyl sites for hydroxylation is 1. The van der Waals surface area contributed by atoms with Gasteiger partial charge in [0.15, 0.2) is 11.5 Å². The molecule has 0 saturated heterocycles. The molecule has 1 aliphatic heterocycles. The van der Waals surface area contributed by atoms with E-state index in [2.05, 4.69) is 18.3 Å². The summed E-state index contributed by atoms with van der Waals surface area (Å²) in [5, 5.41) is 3.10. The second-order valence-corrected chi connectivity index (χ2v) is 7.85. The predicted molar refractivity (Wildman–Crippen MR) is 94.0 cm³/mol. The molecule has 24 heavy (non-hydrogen) atoms. The average molecular weight is 343 g/mol. The molecular formula is C19H21NO3S. The zero-order chi connectivity index (χ0) is 16.7. The van der Waals surface area contributed by atoms with Crippen LogP contribution in [0.1, 0.15) is 52.0 Å². The van der Waals surface area contributed by atoms with Crippen molar-refractivity contribution in [2.45, 2.75) is 39.2 Å². The summed E-state index contributed by atoms with van der Waals surface area (Å²) in [5.41, 5.74) is 2.38. The van der Waals surface area contributed by atoms with Gasteiger partial charge in [-0.2, -0.15) is 0 Å². The maximum absolute atomic E-state index is 12.6. The fraction of sp³-hybridized carbons (Fsp3) is 0.421. The number of thiophene rings is 1. The molecule has 5 heteroatoms. The quantitative estimate of drug-likeness (QED) is 0.913. The van der Waals surface area contributed by atoms with Crippen molar-refractivity contribution in [3.05, 3.63) is 45.1 Å². The van der Waals surface area contributed by atoms with E-state index in [0.29, 0.717) is 0 Å². The minimum absolute atomic E-state index is 0.00669. The van der Waals surface area contributed by atoms with E-state index in [9.17, 15) is 4.79 Å². The topological polar surface area (TPSA) is 47.6 Å². The summed E-state index contributed by atoms with van der Waals surface area (Å²) in [7, 11) is 0. The van der Waals surface area contributed by atoms with Crippen molar-refractivity contribution < 1.29 is 14.3 Å². The molecule has 4 rings (SSSR count). The van der Waals surface area contributed by atoms with E-state index < -0.39 is 0 Å². The van der Waals surface area contributed by atoms with Crippen LogP contribution in [0.3, 0.4) is 0 Å². The van der Waals surface area contributed by atoms with Crippen LogP contribution in [0.25, 0.3) is 0 Å². The highest BCUT2D eigenvalue weighted by atomic mass is 32.1. The molecule has 0 spiro atoms. The highest BCUT2D eigenvalue weighted by molar-refractivity contribution is 7.14. The second kappa shape index (κ2) is 6.13. The first-order valence-corrected chi connectivity index (χ1v) is 9.24. The summed E-state index contributed by atoms with van der Waals surface area (Å²) in [6, 6.07) is 7.81. The van der Waals surface area contributed by atoms with Crippen LogP contribution in [0.15, 0.2) is 24.3 Å². The highest BCUT2D eigenvalue weighted by Crippen LogP contribution is 2.35. The van der Waals surface area contributed by atoms with Crippen molar-refractivity contribution in [3.8, 4) is 11.5 Å². The number of carbonyl (C=O) groups is 1. The number of amides is 1. The van der Waals surface area contributed by atoms with E-state index in [1.54, 1.807) is 11.3 Å². The van der Waals surface area contributed by atoms with Crippen LogP contribution in [0, 0.1) is 5.92 Å². The average Bonchev–Trinajstić information content (AvgIpc) is 3.19. The predicted octanol–water partition coefficient (Wildman–Crippen LogP) is 4.09. The van der Waals surface area contributed by atoms with Gasteiger partial charge in [-0.25, -0.2) is 0 Å². The highest BCUT2D eigenvalue weighted by Gasteiger charge is 2.22. The minimum Gasteiger partial charge on any atom is -0.454 e. The molecule has 126 valence electrons. The molecule has 0 bridgehead atoms. The Morgan fingerprint density at radius 3 is 3.00 bits per heavy atom. The molecular weight excluding hydrogens is 322 g/mol. The number of ether oxygens (including phenoxy) is 2. The van der Waals surface area contributed by atoms with E-state index in [0.717, 1.165) is 40.7 Å². The summed E-state index contributed by atoms with van der Waals surface area (Å²) >= 11 is 1.65. The maximum atomic E-state index is 12.6. The van der Waals surface area contributed by atoms with Gasteiger partial charge in [0.2, 0.25) is 6.79 Å². The molecule has 1 aromatic carbocycles. The molecule has 1 aliphatic carbocycles. The Labute approximate surface area is 145 Å². The van der Waals surface area contributed by atoms with E-state index in [1.807, 2.05) is 25.1 Å². The number of rotatable bonds is 3. The van der Waals surface area contributed by atoms with E-state index in [4.69, 9.17) is 9.47 Å². The summed E-state index contributed by atoms with van der Waals surface area (Å²) in [4.78, 5) is 14.8. The number of benzene rings is 1. The monoisotopic (exact) mass is 343 g/mol. The van der Waals surface area contributed by atoms with Gasteiger partial charge in [0, 0.05) is 4.88 Å². The molecule has 4 nitrogen and oxygen atoms in total. The van der Waals surface area contributed by atoms with Gasteiger partial charge in [0.05, 0.1) is 10.9 Å². The van der Waals surface area contributed by atoms with Gasteiger partial charge < -0.3 is 14.8 Å². The lowest BCUT2D eigenvalue weighted by Gasteiger charge is -2.16. The van der Waals surface area contributed by atoms with Gasteiger partial charge in [-0.15, -0.1) is 11.3 Å². The molecule has 2 atom stereocenters. The van der Waals surface area contributed by atoms with Crippen LogP contribution in [-0.4, -0.2) is 12.7 Å². The number of carbonyl (C=O) groups excluding carboxylic acids is 1. The maximum Gasteiger partial charge on any atom is 0.261 e. The summed E-state index contributed by atoms with van der Waals surface area (Å²) in [6.07, 6.45) is 3.42. The van der Waals surface area contributed by atoms with Gasteiger partial charge >= 0.3 is 0 Å². The van der Waals surface area contributed by atoms with E-state index in [1.165, 1.54) is 16.9 Å². The zero-order valence-corrected chi connectivity index (χ0v) is 14.7. The first-order valence-electron chi connectivity index (χ1n) is 8.42. The number of hydrogen-bond acceptors (Lipinski definition) is 4. The van der Waals surface area contributed by atoms with E-state index in [-0.39, 0.29) is 18.7 Å². The Morgan fingerprint density at radius 2 is 2.12 bits per heavy atom. The Morgan fingerprint density at radius 1 is 1.29 bits per heavy atom. The van der Waals surface area contributed by atoms with Crippen LogP contribution in [0.4, 0.5) is 0 Å². The third-order valence-corrected chi connectivity index (χ3v) is 6.03. The van der Waals surface area contributed by atoms with Crippen molar-refractivity contribution in [2.75, 3.05) is 6.79 Å². The minimum atomic E-state index is -0.0787. The Hall–Kier alpha value is -2.01. The molecule has 1 aromatic heterocycles. The van der Waals surface area contributed by atoms with Gasteiger partial charge in [0.25, 0.3) is 5.91 Å². The largest absolute Gasteiger partial charge is 0.454 e. The molecule has 0 saturated carbocycles. The summed E-state index contributed by atoms with van der Waals surface area (Å²) in [5.74, 6) is 2.23. The second-order valence-electron chi connectivity index (χ2n) is 6.71. The van der Waals surface area contributed by atoms with Gasteiger partial charge in [-0.3, -0.25) is 4.79 Å². The molecule has 1 amide bonds. The van der Waals surface area contributed by atoms with Crippen LogP contribution >= 0.6 is 11.3 Å². The molecule has 2 aromatic rings. The molecule has 1 N–H and O–H groups in total. The normalized spacial score (nSPS) is 19.7. The Bertz CT molecular complexity index is 783. The SMILES string of the molecule is CC1CCc2sc(C(=O)NC(C)c3ccc4c(c3)OCO4)cc2C1. The molecule has 0 fully saturated rings. The van der Waals surface area contributed by atoms with Crippen molar-refractivity contribution >= 4 is 17.2 Å². The summed E-state index contributed by atoms with van der Waals surface area (Å²) in [6.45, 7) is 4.53. The first kappa shape index (κ1) is 15.5. The third-order valence-electron chi connectivity index (χ3n) is 4.80. The fourth-order valence-electron chi connectivity index (χ4n) is 3.35. The van der Waals surface area contributed by atoms with Crippen molar-refractivity contribution in [1.82, 2.24) is 5.32 Å². The summed E-state index contributed by atoms with van der Waals surface area (Å²) < 4.78 is 10.7. The Kier molecular flexibility index (Phi) is 3.96. The fourth-order valence-corrected chi connectivity index (χ4v) is 4.46. The van der Waals surface area contributed by atoms with Gasteiger partial charge in [0.1, 0.15) is 0 Å². The number of nitrogens with one attached hydrogen (secondary N) is 1. The van der Waals surface area contributed by atoms with Crippen LogP contribution in [-0.2, 0) is 12.8 Å². The third kappa shape index (κ3) is 2.88. The van der Waals surface area contributed by atoms with Crippen LogP contribution < -0.4 is 14.8 Å². The molecule has 2 unspecified atom stereocenters. The van der Waals surface area contributed by atoms with Gasteiger partial charge in [-0.1, -0.05) is 13.0 Å². The van der Waals surface area contributed by atoms with Crippen molar-refractivity contribution in [3.63, 3.8) is 0 Å². The zero-order valence-electron chi connectivity index (χ0n) is 13.9. The lowest BCUT2D eigenvalue weighted by molar-refractivity contribution is 0.0944. The van der Waals surface area contributed by atoms with Crippen LogP contribution in [0.5, 0.6) is 11.5 Å².